The van der Waals surface area contributed by atoms with E-state index in [-0.39, 0.29) is 0 Å². The second-order valence-electron chi connectivity index (χ2n) is 3.72. The molecular formula is C13H18N2O2. The summed E-state index contributed by atoms with van der Waals surface area (Å²) >= 11 is 0. The average molecular weight is 234 g/mol. The molecule has 0 radical (unpaired) electrons. The Morgan fingerprint density at radius 1 is 1.41 bits per heavy atom. The molecule has 0 aliphatic carbocycles. The molecule has 17 heavy (non-hydrogen) atoms. The molecule has 0 unspecified atom stereocenters. The average Bonchev–Trinajstić information content (AvgIpc) is 2.29. The normalized spacial score (nSPS) is 11.2. The fraction of sp³-hybridized carbons (Fsp3) is 0.308. The van der Waals surface area contributed by atoms with E-state index in [1.807, 2.05) is 30.3 Å². The Morgan fingerprint density at radius 3 is 2.76 bits per heavy atom. The summed E-state index contributed by atoms with van der Waals surface area (Å²) in [5.74, 6) is -0.397. The molecule has 0 aromatic heterocycles. The molecule has 1 rings (SSSR count). The maximum atomic E-state index is 11.1. The summed E-state index contributed by atoms with van der Waals surface area (Å²) in [6.45, 7) is 3.38. The maximum Gasteiger partial charge on any atom is 0.332 e. The van der Waals surface area contributed by atoms with E-state index in [0.717, 1.165) is 6.54 Å². The Labute approximate surface area is 101 Å². The summed E-state index contributed by atoms with van der Waals surface area (Å²) in [6, 6.07) is 10.0. The molecular weight excluding hydrogens is 216 g/mol. The van der Waals surface area contributed by atoms with Gasteiger partial charge in [-0.15, -0.1) is 0 Å². The molecule has 0 saturated heterocycles. The number of hydrogen-bond acceptors (Lipinski definition) is 4. The lowest BCUT2D eigenvalue weighted by molar-refractivity contribution is -0.137. The van der Waals surface area contributed by atoms with Gasteiger partial charge < -0.3 is 15.8 Å². The van der Waals surface area contributed by atoms with Crippen molar-refractivity contribution >= 4 is 5.97 Å². The minimum absolute atomic E-state index is 0.343. The van der Waals surface area contributed by atoms with Gasteiger partial charge in [0.1, 0.15) is 6.61 Å². The highest BCUT2D eigenvalue weighted by molar-refractivity contribution is 5.82. The van der Waals surface area contributed by atoms with Gasteiger partial charge in [-0.1, -0.05) is 30.3 Å². The largest absolute Gasteiger partial charge is 0.461 e. The van der Waals surface area contributed by atoms with Gasteiger partial charge in [0.25, 0.3) is 0 Å². The fourth-order valence-electron chi connectivity index (χ4n) is 1.28. The topological polar surface area (TPSA) is 64.4 Å². The van der Waals surface area contributed by atoms with Crippen LogP contribution in [0.4, 0.5) is 0 Å². The number of carbonyl (C=O) groups excluding carboxylic acids is 1. The van der Waals surface area contributed by atoms with Gasteiger partial charge in [0.05, 0.1) is 0 Å². The lowest BCUT2D eigenvalue weighted by atomic mass is 10.2. The van der Waals surface area contributed by atoms with E-state index in [1.165, 1.54) is 11.6 Å². The minimum atomic E-state index is -0.397. The number of esters is 1. The number of benzene rings is 1. The first-order valence-corrected chi connectivity index (χ1v) is 5.53. The van der Waals surface area contributed by atoms with Gasteiger partial charge in [-0.2, -0.15) is 0 Å². The standard InChI is InChI=1S/C13H18N2O2/c1-11(14)9-13(16)17-8-7-15-10-12-5-3-2-4-6-12/h2-6,9,15H,7-8,10,14H2,1H3/b11-9-. The molecule has 0 atom stereocenters. The monoisotopic (exact) mass is 234 g/mol. The van der Waals surface area contributed by atoms with Crippen LogP contribution in [0.1, 0.15) is 12.5 Å². The first-order valence-electron chi connectivity index (χ1n) is 5.53. The van der Waals surface area contributed by atoms with Crippen LogP contribution in [0.25, 0.3) is 0 Å². The van der Waals surface area contributed by atoms with Crippen LogP contribution in [0.2, 0.25) is 0 Å². The van der Waals surface area contributed by atoms with Crippen LogP contribution in [0.15, 0.2) is 42.1 Å². The third-order valence-electron chi connectivity index (χ3n) is 2.04. The number of ether oxygens (including phenoxy) is 1. The maximum absolute atomic E-state index is 11.1. The molecule has 4 heteroatoms. The minimum Gasteiger partial charge on any atom is -0.461 e. The molecule has 0 fully saturated rings. The third-order valence-corrected chi connectivity index (χ3v) is 2.04. The predicted molar refractivity (Wildman–Crippen MR) is 67.1 cm³/mol. The molecule has 0 bridgehead atoms. The van der Waals surface area contributed by atoms with E-state index in [9.17, 15) is 4.79 Å². The smallest absolute Gasteiger partial charge is 0.332 e. The van der Waals surface area contributed by atoms with Crippen molar-refractivity contribution in [3.05, 3.63) is 47.7 Å². The zero-order valence-corrected chi connectivity index (χ0v) is 9.98. The van der Waals surface area contributed by atoms with Crippen LogP contribution in [-0.4, -0.2) is 19.1 Å². The van der Waals surface area contributed by atoms with E-state index < -0.39 is 5.97 Å². The van der Waals surface area contributed by atoms with E-state index in [0.29, 0.717) is 18.8 Å². The van der Waals surface area contributed by atoms with Crippen molar-refractivity contribution in [2.24, 2.45) is 5.73 Å². The SMILES string of the molecule is C/C(N)=C/C(=O)OCCNCc1ccccc1. The predicted octanol–water partition coefficient (Wildman–Crippen LogP) is 1.18. The summed E-state index contributed by atoms with van der Waals surface area (Å²) in [5, 5.41) is 3.18. The number of allylic oxidation sites excluding steroid dienone is 1. The van der Waals surface area contributed by atoms with Crippen LogP contribution < -0.4 is 11.1 Å². The Kier molecular flexibility index (Phi) is 5.82. The van der Waals surface area contributed by atoms with Crippen molar-refractivity contribution in [1.29, 1.82) is 0 Å². The van der Waals surface area contributed by atoms with Gasteiger partial charge in [0.2, 0.25) is 0 Å². The Bertz CT molecular complexity index is 370. The van der Waals surface area contributed by atoms with Gasteiger partial charge in [-0.25, -0.2) is 4.79 Å². The molecule has 92 valence electrons. The number of hydrogen-bond donors (Lipinski definition) is 2. The van der Waals surface area contributed by atoms with Crippen molar-refractivity contribution < 1.29 is 9.53 Å². The van der Waals surface area contributed by atoms with E-state index in [4.69, 9.17) is 10.5 Å². The number of nitrogens with two attached hydrogens (primary N) is 1. The Morgan fingerprint density at radius 2 is 2.12 bits per heavy atom. The van der Waals surface area contributed by atoms with Crippen molar-refractivity contribution in [2.75, 3.05) is 13.2 Å². The molecule has 1 aromatic carbocycles. The Balaban J connectivity index is 2.09. The van der Waals surface area contributed by atoms with Gasteiger partial charge in [0.15, 0.2) is 0 Å². The third kappa shape index (κ3) is 6.37. The second-order valence-corrected chi connectivity index (χ2v) is 3.72. The van der Waals surface area contributed by atoms with Crippen LogP contribution in [0.3, 0.4) is 0 Å². The van der Waals surface area contributed by atoms with Crippen LogP contribution in [0.5, 0.6) is 0 Å². The molecule has 0 saturated carbocycles. The van der Waals surface area contributed by atoms with Crippen molar-refractivity contribution in [3.63, 3.8) is 0 Å². The van der Waals surface area contributed by atoms with E-state index >= 15 is 0 Å². The lowest BCUT2D eigenvalue weighted by Crippen LogP contribution is -2.20. The van der Waals surface area contributed by atoms with Crippen molar-refractivity contribution in [2.45, 2.75) is 13.5 Å². The highest BCUT2D eigenvalue weighted by Crippen LogP contribution is 1.96. The first-order chi connectivity index (χ1) is 8.18. The zero-order valence-electron chi connectivity index (χ0n) is 9.98. The summed E-state index contributed by atoms with van der Waals surface area (Å²) in [4.78, 5) is 11.1. The van der Waals surface area contributed by atoms with Crippen molar-refractivity contribution in [1.82, 2.24) is 5.32 Å². The van der Waals surface area contributed by atoms with Gasteiger partial charge >= 0.3 is 5.97 Å². The van der Waals surface area contributed by atoms with Gasteiger partial charge in [-0.05, 0) is 12.5 Å². The van der Waals surface area contributed by atoms with E-state index in [2.05, 4.69) is 5.32 Å². The summed E-state index contributed by atoms with van der Waals surface area (Å²) < 4.78 is 4.93. The first kappa shape index (κ1) is 13.3. The van der Waals surface area contributed by atoms with E-state index in [1.54, 1.807) is 6.92 Å². The molecule has 4 nitrogen and oxygen atoms in total. The highest BCUT2D eigenvalue weighted by Gasteiger charge is 1.97. The van der Waals surface area contributed by atoms with Crippen molar-refractivity contribution in [3.8, 4) is 0 Å². The molecule has 0 aliphatic rings. The van der Waals surface area contributed by atoms with Crippen LogP contribution >= 0.6 is 0 Å². The van der Waals surface area contributed by atoms with Crippen LogP contribution in [-0.2, 0) is 16.1 Å². The van der Waals surface area contributed by atoms with Gasteiger partial charge in [0, 0.05) is 24.9 Å². The summed E-state index contributed by atoms with van der Waals surface area (Å²) in [7, 11) is 0. The summed E-state index contributed by atoms with van der Waals surface area (Å²) in [5.41, 5.74) is 7.00. The van der Waals surface area contributed by atoms with Gasteiger partial charge in [-0.3, -0.25) is 0 Å². The molecule has 1 aromatic rings. The lowest BCUT2D eigenvalue weighted by Gasteiger charge is -2.05. The molecule has 0 spiro atoms. The molecule has 3 N–H and O–H groups in total. The second kappa shape index (κ2) is 7.46. The number of carbonyl (C=O) groups is 1. The quantitative estimate of drug-likeness (QED) is 0.441. The molecule has 0 amide bonds. The van der Waals surface area contributed by atoms with Crippen LogP contribution in [0, 0.1) is 0 Å². The zero-order chi connectivity index (χ0) is 12.5. The highest BCUT2D eigenvalue weighted by atomic mass is 16.5. The number of nitrogens with one attached hydrogen (secondary N) is 1. The fourth-order valence-corrected chi connectivity index (χ4v) is 1.28. The molecule has 0 heterocycles. The number of rotatable bonds is 6. The Hall–Kier alpha value is -1.81. The molecule has 0 aliphatic heterocycles. The summed E-state index contributed by atoms with van der Waals surface area (Å²) in [6.07, 6.45) is 1.27.